The molecule has 5 nitrogen and oxygen atoms in total. The van der Waals surface area contributed by atoms with E-state index in [-0.39, 0.29) is 11.7 Å². The van der Waals surface area contributed by atoms with Crippen LogP contribution in [0.25, 0.3) is 0 Å². The van der Waals surface area contributed by atoms with Crippen LogP contribution < -0.4 is 10.6 Å². The molecule has 0 aliphatic heterocycles. The third-order valence-electron chi connectivity index (χ3n) is 4.53. The van der Waals surface area contributed by atoms with Crippen molar-refractivity contribution in [2.75, 3.05) is 17.2 Å². The van der Waals surface area contributed by atoms with Crippen molar-refractivity contribution in [3.63, 3.8) is 0 Å². The van der Waals surface area contributed by atoms with Crippen LogP contribution >= 0.6 is 0 Å². The molecule has 150 valence electrons. The molecular weight excluding hydrogens is 367 g/mol. The van der Waals surface area contributed by atoms with Crippen molar-refractivity contribution in [2.45, 2.75) is 33.1 Å². The summed E-state index contributed by atoms with van der Waals surface area (Å²) in [6.07, 6.45) is 0.715. The number of hydrogen-bond donors (Lipinski definition) is 2. The highest BCUT2D eigenvalue weighted by Crippen LogP contribution is 2.24. The number of aryl methyl sites for hydroxylation is 1. The largest absolute Gasteiger partial charge is 0.370 e. The van der Waals surface area contributed by atoms with E-state index in [0.717, 1.165) is 16.8 Å². The molecule has 2 aromatic carbocycles. The molecule has 0 spiro atoms. The van der Waals surface area contributed by atoms with Crippen molar-refractivity contribution in [1.29, 1.82) is 0 Å². The number of anilines is 2. The van der Waals surface area contributed by atoms with Crippen LogP contribution in [0.15, 0.2) is 54.6 Å². The number of carbonyl (C=O) groups is 1. The molecule has 1 aromatic heterocycles. The number of rotatable bonds is 7. The zero-order valence-electron chi connectivity index (χ0n) is 16.9. The van der Waals surface area contributed by atoms with E-state index in [1.807, 2.05) is 24.3 Å². The molecule has 0 aliphatic rings. The Balaban J connectivity index is 1.68. The highest BCUT2D eigenvalue weighted by atomic mass is 19.1. The van der Waals surface area contributed by atoms with Crippen LogP contribution in [-0.2, 0) is 6.42 Å². The van der Waals surface area contributed by atoms with Crippen LogP contribution in [0.3, 0.4) is 0 Å². The third kappa shape index (κ3) is 5.60. The third-order valence-corrected chi connectivity index (χ3v) is 4.53. The summed E-state index contributed by atoms with van der Waals surface area (Å²) >= 11 is 0. The summed E-state index contributed by atoms with van der Waals surface area (Å²) in [5, 5.41) is 6.17. The first-order chi connectivity index (χ1) is 13.9. The summed E-state index contributed by atoms with van der Waals surface area (Å²) in [6.45, 7) is 6.54. The average molecular weight is 392 g/mol. The summed E-state index contributed by atoms with van der Waals surface area (Å²) < 4.78 is 13.0. The molecule has 29 heavy (non-hydrogen) atoms. The standard InChI is InChI=1S/C23H25FN4O/c1-15(2)19-6-4-5-7-20(19)28-23(29)21-14-22(27-16(3)26-21)25-13-12-17-8-10-18(24)11-9-17/h4-11,14-15H,12-13H2,1-3H3,(H,28,29)(H,25,26,27). The lowest BCUT2D eigenvalue weighted by molar-refractivity contribution is 0.102. The van der Waals surface area contributed by atoms with E-state index in [9.17, 15) is 9.18 Å². The predicted molar refractivity (Wildman–Crippen MR) is 114 cm³/mol. The first-order valence-electron chi connectivity index (χ1n) is 9.66. The lowest BCUT2D eigenvalue weighted by Gasteiger charge is -2.14. The van der Waals surface area contributed by atoms with Gasteiger partial charge in [0.15, 0.2) is 0 Å². The van der Waals surface area contributed by atoms with E-state index >= 15 is 0 Å². The zero-order valence-corrected chi connectivity index (χ0v) is 16.9. The number of para-hydroxylation sites is 1. The minimum Gasteiger partial charge on any atom is -0.370 e. The lowest BCUT2D eigenvalue weighted by atomic mass is 10.0. The molecule has 3 rings (SSSR count). The molecule has 0 fully saturated rings. The Morgan fingerprint density at radius 2 is 1.79 bits per heavy atom. The Bertz CT molecular complexity index is 986. The predicted octanol–water partition coefficient (Wildman–Crippen LogP) is 4.95. The Hall–Kier alpha value is -3.28. The van der Waals surface area contributed by atoms with Crippen LogP contribution in [0.1, 0.15) is 47.2 Å². The normalized spacial score (nSPS) is 10.8. The summed E-state index contributed by atoms with van der Waals surface area (Å²) in [4.78, 5) is 21.4. The molecule has 6 heteroatoms. The highest BCUT2D eigenvalue weighted by Gasteiger charge is 2.14. The molecule has 2 N–H and O–H groups in total. The number of halogens is 1. The van der Waals surface area contributed by atoms with Gasteiger partial charge in [0.05, 0.1) is 0 Å². The van der Waals surface area contributed by atoms with Gasteiger partial charge in [-0.25, -0.2) is 14.4 Å². The van der Waals surface area contributed by atoms with Crippen molar-refractivity contribution in [1.82, 2.24) is 9.97 Å². The van der Waals surface area contributed by atoms with Crippen LogP contribution in [0.4, 0.5) is 15.9 Å². The average Bonchev–Trinajstić information content (AvgIpc) is 2.69. The minimum atomic E-state index is -0.273. The van der Waals surface area contributed by atoms with E-state index in [1.54, 1.807) is 25.1 Å². The van der Waals surface area contributed by atoms with Crippen molar-refractivity contribution >= 4 is 17.4 Å². The van der Waals surface area contributed by atoms with Crippen LogP contribution in [0, 0.1) is 12.7 Å². The fourth-order valence-electron chi connectivity index (χ4n) is 3.06. The smallest absolute Gasteiger partial charge is 0.274 e. The molecular formula is C23H25FN4O. The van der Waals surface area contributed by atoms with E-state index in [0.29, 0.717) is 36.2 Å². The van der Waals surface area contributed by atoms with Crippen LogP contribution in [0.2, 0.25) is 0 Å². The molecule has 1 amide bonds. The number of aromatic nitrogens is 2. The number of nitrogens with one attached hydrogen (secondary N) is 2. The molecule has 1 heterocycles. The maximum atomic E-state index is 13.0. The highest BCUT2D eigenvalue weighted by molar-refractivity contribution is 6.03. The maximum Gasteiger partial charge on any atom is 0.274 e. The van der Waals surface area contributed by atoms with Gasteiger partial charge >= 0.3 is 0 Å². The maximum absolute atomic E-state index is 13.0. The van der Waals surface area contributed by atoms with Crippen molar-refractivity contribution in [3.8, 4) is 0 Å². The second kappa shape index (κ2) is 9.28. The Morgan fingerprint density at radius 3 is 2.52 bits per heavy atom. The quantitative estimate of drug-likeness (QED) is 0.597. The zero-order chi connectivity index (χ0) is 20.8. The Labute approximate surface area is 170 Å². The molecule has 0 aliphatic carbocycles. The number of nitrogens with zero attached hydrogens (tertiary/aromatic N) is 2. The van der Waals surface area contributed by atoms with Gasteiger partial charge in [0, 0.05) is 18.3 Å². The van der Waals surface area contributed by atoms with Crippen LogP contribution in [-0.4, -0.2) is 22.4 Å². The van der Waals surface area contributed by atoms with Gasteiger partial charge in [-0.2, -0.15) is 0 Å². The number of carbonyl (C=O) groups excluding carboxylic acids is 1. The van der Waals surface area contributed by atoms with Gasteiger partial charge in [0.1, 0.15) is 23.2 Å². The number of hydrogen-bond acceptors (Lipinski definition) is 4. The first-order valence-corrected chi connectivity index (χ1v) is 9.66. The molecule has 0 radical (unpaired) electrons. The van der Waals surface area contributed by atoms with Gasteiger partial charge < -0.3 is 10.6 Å². The van der Waals surface area contributed by atoms with Crippen molar-refractivity contribution < 1.29 is 9.18 Å². The van der Waals surface area contributed by atoms with Gasteiger partial charge in [0.25, 0.3) is 5.91 Å². The van der Waals surface area contributed by atoms with E-state index in [2.05, 4.69) is 34.4 Å². The first kappa shape index (κ1) is 20.5. The summed E-state index contributed by atoms with van der Waals surface area (Å²) in [7, 11) is 0. The van der Waals surface area contributed by atoms with Crippen LogP contribution in [0.5, 0.6) is 0 Å². The van der Waals surface area contributed by atoms with Gasteiger partial charge in [-0.3, -0.25) is 4.79 Å². The molecule has 0 bridgehead atoms. The molecule has 0 unspecified atom stereocenters. The lowest BCUT2D eigenvalue weighted by Crippen LogP contribution is -2.17. The Kier molecular flexibility index (Phi) is 6.54. The van der Waals surface area contributed by atoms with E-state index < -0.39 is 0 Å². The fraction of sp³-hybridized carbons (Fsp3) is 0.261. The van der Waals surface area contributed by atoms with Gasteiger partial charge in [-0.05, 0) is 48.6 Å². The van der Waals surface area contributed by atoms with Gasteiger partial charge in [-0.15, -0.1) is 0 Å². The Morgan fingerprint density at radius 1 is 1.07 bits per heavy atom. The summed E-state index contributed by atoms with van der Waals surface area (Å²) in [5.74, 6) is 0.872. The minimum absolute atomic E-state index is 0.247. The summed E-state index contributed by atoms with van der Waals surface area (Å²) in [6, 6.07) is 15.8. The SMILES string of the molecule is Cc1nc(NCCc2ccc(F)cc2)cc(C(=O)Nc2ccccc2C(C)C)n1. The monoisotopic (exact) mass is 392 g/mol. The number of benzene rings is 2. The second-order valence-electron chi connectivity index (χ2n) is 7.18. The van der Waals surface area contributed by atoms with Crippen molar-refractivity contribution in [3.05, 3.63) is 83.1 Å². The van der Waals surface area contributed by atoms with Gasteiger partial charge in [-0.1, -0.05) is 44.2 Å². The summed E-state index contributed by atoms with van der Waals surface area (Å²) in [5.41, 5.74) is 3.19. The molecule has 0 saturated carbocycles. The van der Waals surface area contributed by atoms with Gasteiger partial charge in [0.2, 0.25) is 0 Å². The molecule has 0 saturated heterocycles. The van der Waals surface area contributed by atoms with Crippen molar-refractivity contribution in [2.24, 2.45) is 0 Å². The molecule has 0 atom stereocenters. The van der Waals surface area contributed by atoms with E-state index in [4.69, 9.17) is 0 Å². The second-order valence-corrected chi connectivity index (χ2v) is 7.18. The van der Waals surface area contributed by atoms with E-state index in [1.165, 1.54) is 12.1 Å². The topological polar surface area (TPSA) is 66.9 Å². The number of amides is 1. The fourth-order valence-corrected chi connectivity index (χ4v) is 3.06. The molecule has 3 aromatic rings.